The van der Waals surface area contributed by atoms with Crippen LogP contribution >= 0.6 is 11.3 Å². The second-order valence-corrected chi connectivity index (χ2v) is 6.82. The Bertz CT molecular complexity index is 1100. The lowest BCUT2D eigenvalue weighted by molar-refractivity contribution is 0.100. The number of tetrazole rings is 1. The Morgan fingerprint density at radius 2 is 1.82 bits per heavy atom. The number of amides is 1. The second kappa shape index (κ2) is 7.57. The number of methoxy groups -OCH3 is 1. The lowest BCUT2D eigenvalue weighted by atomic mass is 10.1. The minimum Gasteiger partial charge on any atom is -0.497 e. The zero-order valence-electron chi connectivity index (χ0n) is 14.9. The van der Waals surface area contributed by atoms with E-state index >= 15 is 0 Å². The standard InChI is InChI=1S/C19H16N6O2S/c1-27-16-8-6-14(7-9-16)19-21-15(11-28-19)10-25-23-18(22-24-25)13-4-2-12(3-5-13)17(20)26/h2-9,11H,10H2,1H3,(H2,20,26). The molecule has 0 aliphatic rings. The topological polar surface area (TPSA) is 109 Å². The van der Waals surface area contributed by atoms with Crippen molar-refractivity contribution in [1.82, 2.24) is 25.2 Å². The molecule has 0 bridgehead atoms. The van der Waals surface area contributed by atoms with E-state index in [1.165, 1.54) is 4.80 Å². The number of aromatic nitrogens is 5. The Labute approximate surface area is 164 Å². The molecule has 4 rings (SSSR count). The summed E-state index contributed by atoms with van der Waals surface area (Å²) in [6, 6.07) is 14.5. The number of primary amides is 1. The number of nitrogens with zero attached hydrogens (tertiary/aromatic N) is 5. The fourth-order valence-electron chi connectivity index (χ4n) is 2.60. The largest absolute Gasteiger partial charge is 0.497 e. The van der Waals surface area contributed by atoms with Gasteiger partial charge in [0.25, 0.3) is 0 Å². The van der Waals surface area contributed by atoms with Crippen LogP contribution in [-0.4, -0.2) is 38.2 Å². The number of carbonyl (C=O) groups is 1. The monoisotopic (exact) mass is 392 g/mol. The molecule has 2 N–H and O–H groups in total. The molecular weight excluding hydrogens is 376 g/mol. The quantitative estimate of drug-likeness (QED) is 0.540. The van der Waals surface area contributed by atoms with Gasteiger partial charge in [-0.3, -0.25) is 4.79 Å². The van der Waals surface area contributed by atoms with E-state index in [0.29, 0.717) is 17.9 Å². The summed E-state index contributed by atoms with van der Waals surface area (Å²) in [5.74, 6) is 0.810. The van der Waals surface area contributed by atoms with Gasteiger partial charge in [0, 0.05) is 22.1 Å². The van der Waals surface area contributed by atoms with Gasteiger partial charge in [0.2, 0.25) is 11.7 Å². The van der Waals surface area contributed by atoms with Crippen molar-refractivity contribution < 1.29 is 9.53 Å². The molecule has 0 saturated carbocycles. The first kappa shape index (κ1) is 17.8. The molecular formula is C19H16N6O2S. The van der Waals surface area contributed by atoms with Crippen molar-refractivity contribution in [1.29, 1.82) is 0 Å². The number of hydrogen-bond donors (Lipinski definition) is 1. The summed E-state index contributed by atoms with van der Waals surface area (Å²) in [6.45, 7) is 0.416. The first-order chi connectivity index (χ1) is 13.6. The maximum absolute atomic E-state index is 11.2. The average molecular weight is 392 g/mol. The second-order valence-electron chi connectivity index (χ2n) is 5.96. The van der Waals surface area contributed by atoms with E-state index in [9.17, 15) is 4.79 Å². The zero-order chi connectivity index (χ0) is 19.5. The van der Waals surface area contributed by atoms with E-state index < -0.39 is 5.91 Å². The number of benzene rings is 2. The Kier molecular flexibility index (Phi) is 4.81. The highest BCUT2D eigenvalue weighted by atomic mass is 32.1. The predicted molar refractivity (Wildman–Crippen MR) is 105 cm³/mol. The molecule has 4 aromatic rings. The Hall–Kier alpha value is -3.59. The van der Waals surface area contributed by atoms with Crippen LogP contribution in [0.1, 0.15) is 16.1 Å². The smallest absolute Gasteiger partial charge is 0.248 e. The molecule has 0 spiro atoms. The van der Waals surface area contributed by atoms with Crippen LogP contribution in [-0.2, 0) is 6.54 Å². The van der Waals surface area contributed by atoms with Crippen molar-refractivity contribution in [2.45, 2.75) is 6.54 Å². The highest BCUT2D eigenvalue weighted by molar-refractivity contribution is 7.13. The number of thiazole rings is 1. The van der Waals surface area contributed by atoms with E-state index in [4.69, 9.17) is 10.5 Å². The summed E-state index contributed by atoms with van der Waals surface area (Å²) >= 11 is 1.56. The minimum atomic E-state index is -0.473. The lowest BCUT2D eigenvalue weighted by Crippen LogP contribution is -2.10. The van der Waals surface area contributed by atoms with Gasteiger partial charge in [0.05, 0.1) is 12.8 Å². The van der Waals surface area contributed by atoms with Gasteiger partial charge >= 0.3 is 0 Å². The molecule has 2 aromatic carbocycles. The normalized spacial score (nSPS) is 10.8. The fourth-order valence-corrected chi connectivity index (χ4v) is 3.42. The van der Waals surface area contributed by atoms with E-state index in [-0.39, 0.29) is 0 Å². The summed E-state index contributed by atoms with van der Waals surface area (Å²) in [5, 5.41) is 15.4. The van der Waals surface area contributed by atoms with Crippen LogP contribution in [0.5, 0.6) is 5.75 Å². The Morgan fingerprint density at radius 3 is 2.50 bits per heavy atom. The van der Waals surface area contributed by atoms with Gasteiger partial charge in [-0.15, -0.1) is 21.5 Å². The first-order valence-corrected chi connectivity index (χ1v) is 9.27. The maximum Gasteiger partial charge on any atom is 0.248 e. The number of carbonyl (C=O) groups excluding carboxylic acids is 1. The van der Waals surface area contributed by atoms with Crippen LogP contribution in [0.15, 0.2) is 53.9 Å². The molecule has 0 atom stereocenters. The molecule has 1 amide bonds. The molecule has 0 unspecified atom stereocenters. The van der Waals surface area contributed by atoms with Crippen LogP contribution in [0.2, 0.25) is 0 Å². The van der Waals surface area contributed by atoms with Gasteiger partial charge in [0.15, 0.2) is 0 Å². The summed E-state index contributed by atoms with van der Waals surface area (Å²) in [6.07, 6.45) is 0. The molecule has 0 fully saturated rings. The molecule has 2 aromatic heterocycles. The van der Waals surface area contributed by atoms with Gasteiger partial charge in [-0.25, -0.2) is 4.98 Å². The average Bonchev–Trinajstić information content (AvgIpc) is 3.38. The lowest BCUT2D eigenvalue weighted by Gasteiger charge is -2.00. The van der Waals surface area contributed by atoms with Crippen molar-refractivity contribution in [3.63, 3.8) is 0 Å². The van der Waals surface area contributed by atoms with Crippen molar-refractivity contribution in [2.75, 3.05) is 7.11 Å². The zero-order valence-corrected chi connectivity index (χ0v) is 15.8. The van der Waals surface area contributed by atoms with Gasteiger partial charge < -0.3 is 10.5 Å². The summed E-state index contributed by atoms with van der Waals surface area (Å²) in [7, 11) is 1.64. The van der Waals surface area contributed by atoms with Gasteiger partial charge in [-0.05, 0) is 41.6 Å². The van der Waals surface area contributed by atoms with Crippen molar-refractivity contribution in [3.05, 3.63) is 65.2 Å². The van der Waals surface area contributed by atoms with Gasteiger partial charge in [0.1, 0.15) is 17.3 Å². The summed E-state index contributed by atoms with van der Waals surface area (Å²) in [4.78, 5) is 17.3. The third kappa shape index (κ3) is 3.74. The first-order valence-electron chi connectivity index (χ1n) is 8.39. The third-order valence-corrected chi connectivity index (χ3v) is 5.01. The van der Waals surface area contributed by atoms with Crippen molar-refractivity contribution >= 4 is 17.2 Å². The molecule has 2 heterocycles. The van der Waals surface area contributed by atoms with E-state index in [2.05, 4.69) is 20.4 Å². The van der Waals surface area contributed by atoms with Crippen LogP contribution in [0.25, 0.3) is 22.0 Å². The van der Waals surface area contributed by atoms with E-state index in [1.807, 2.05) is 29.6 Å². The third-order valence-electron chi connectivity index (χ3n) is 4.07. The van der Waals surface area contributed by atoms with Gasteiger partial charge in [-0.1, -0.05) is 12.1 Å². The molecule has 9 heteroatoms. The number of ether oxygens (including phenoxy) is 1. The Balaban J connectivity index is 1.48. The fraction of sp³-hybridized carbons (Fsp3) is 0.105. The molecule has 0 aliphatic carbocycles. The van der Waals surface area contributed by atoms with E-state index in [1.54, 1.807) is 42.7 Å². The highest BCUT2D eigenvalue weighted by Gasteiger charge is 2.10. The van der Waals surface area contributed by atoms with Crippen molar-refractivity contribution in [3.8, 4) is 27.7 Å². The Morgan fingerprint density at radius 1 is 1.11 bits per heavy atom. The van der Waals surface area contributed by atoms with Crippen LogP contribution in [0.3, 0.4) is 0 Å². The molecule has 28 heavy (non-hydrogen) atoms. The van der Waals surface area contributed by atoms with Crippen molar-refractivity contribution in [2.24, 2.45) is 5.73 Å². The predicted octanol–water partition coefficient (Wildman–Crippen LogP) is 2.62. The number of rotatable bonds is 6. The molecule has 0 radical (unpaired) electrons. The SMILES string of the molecule is COc1ccc(-c2nc(Cn3nnc(-c4ccc(C(N)=O)cc4)n3)cs2)cc1. The highest BCUT2D eigenvalue weighted by Crippen LogP contribution is 2.26. The van der Waals surface area contributed by atoms with Crippen LogP contribution in [0, 0.1) is 0 Å². The summed E-state index contributed by atoms with van der Waals surface area (Å²) < 4.78 is 5.18. The minimum absolute atomic E-state index is 0.416. The molecule has 0 aliphatic heterocycles. The van der Waals surface area contributed by atoms with Crippen LogP contribution < -0.4 is 10.5 Å². The van der Waals surface area contributed by atoms with Crippen LogP contribution in [0.4, 0.5) is 0 Å². The molecule has 0 saturated heterocycles. The maximum atomic E-state index is 11.2. The summed E-state index contributed by atoms with van der Waals surface area (Å²) in [5.41, 5.74) is 8.32. The van der Waals surface area contributed by atoms with E-state index in [0.717, 1.165) is 27.6 Å². The molecule has 140 valence electrons. The molecule has 8 nitrogen and oxygen atoms in total. The number of hydrogen-bond acceptors (Lipinski definition) is 7. The van der Waals surface area contributed by atoms with Gasteiger partial charge in [-0.2, -0.15) is 4.80 Å². The number of nitrogens with two attached hydrogens (primary N) is 1.